The van der Waals surface area contributed by atoms with Crippen LogP contribution >= 0.6 is 0 Å². The lowest BCUT2D eigenvalue weighted by Crippen LogP contribution is -2.36. The second-order valence-electron chi connectivity index (χ2n) is 4.44. The molecule has 13 heavy (non-hydrogen) atoms. The summed E-state index contributed by atoms with van der Waals surface area (Å²) >= 11 is 0. The highest BCUT2D eigenvalue weighted by molar-refractivity contribution is 5.67. The molecule has 0 unspecified atom stereocenters. The largest absolute Gasteiger partial charge is 0.481 e. The molecule has 0 radical (unpaired) electrons. The summed E-state index contributed by atoms with van der Waals surface area (Å²) in [6.45, 7) is 4.82. The smallest absolute Gasteiger partial charge is 0.303 e. The Hall–Kier alpha value is -0.570. The highest BCUT2D eigenvalue weighted by Crippen LogP contribution is 2.48. The van der Waals surface area contributed by atoms with Crippen molar-refractivity contribution < 1.29 is 9.90 Å². The molecule has 3 nitrogen and oxygen atoms in total. The van der Waals surface area contributed by atoms with E-state index in [4.69, 9.17) is 10.8 Å². The highest BCUT2D eigenvalue weighted by Gasteiger charge is 2.44. The minimum Gasteiger partial charge on any atom is -0.481 e. The Kier molecular flexibility index (Phi) is 2.96. The van der Waals surface area contributed by atoms with Crippen molar-refractivity contribution in [1.82, 2.24) is 0 Å². The van der Waals surface area contributed by atoms with Crippen molar-refractivity contribution in [3.8, 4) is 0 Å². The van der Waals surface area contributed by atoms with Crippen molar-refractivity contribution in [2.45, 2.75) is 33.1 Å². The van der Waals surface area contributed by atoms with Gasteiger partial charge in [0.2, 0.25) is 0 Å². The first-order chi connectivity index (χ1) is 6.02. The van der Waals surface area contributed by atoms with Crippen LogP contribution in [0.3, 0.4) is 0 Å². The topological polar surface area (TPSA) is 63.3 Å². The Morgan fingerprint density at radius 3 is 2.54 bits per heavy atom. The van der Waals surface area contributed by atoms with Crippen molar-refractivity contribution in [2.75, 3.05) is 6.54 Å². The Bertz CT molecular complexity index is 205. The van der Waals surface area contributed by atoms with Gasteiger partial charge in [0.15, 0.2) is 0 Å². The zero-order chi connectivity index (χ0) is 10.1. The molecule has 0 spiro atoms. The lowest BCUT2D eigenvalue weighted by atomic mass is 9.74. The molecule has 0 amide bonds. The van der Waals surface area contributed by atoms with Crippen LogP contribution in [0.5, 0.6) is 0 Å². The van der Waals surface area contributed by atoms with E-state index in [1.165, 1.54) is 0 Å². The zero-order valence-electron chi connectivity index (χ0n) is 8.42. The van der Waals surface area contributed by atoms with E-state index in [1.807, 2.05) is 0 Å². The number of carboxylic acids is 1. The molecule has 0 aromatic carbocycles. The van der Waals surface area contributed by atoms with E-state index in [9.17, 15) is 4.79 Å². The zero-order valence-corrected chi connectivity index (χ0v) is 8.42. The van der Waals surface area contributed by atoms with Crippen molar-refractivity contribution in [3.63, 3.8) is 0 Å². The molecule has 0 bridgehead atoms. The van der Waals surface area contributed by atoms with Crippen LogP contribution in [0.25, 0.3) is 0 Å². The fourth-order valence-corrected chi connectivity index (χ4v) is 2.51. The first kappa shape index (κ1) is 10.5. The first-order valence-electron chi connectivity index (χ1n) is 4.94. The van der Waals surface area contributed by atoms with Crippen molar-refractivity contribution in [1.29, 1.82) is 0 Å². The molecule has 76 valence electrons. The molecule has 1 rings (SSSR count). The maximum absolute atomic E-state index is 10.7. The summed E-state index contributed by atoms with van der Waals surface area (Å²) in [6.07, 6.45) is 2.32. The van der Waals surface area contributed by atoms with Gasteiger partial charge in [0.05, 0.1) is 6.42 Å². The monoisotopic (exact) mass is 185 g/mol. The number of carboxylic acid groups (broad SMARTS) is 1. The molecule has 3 atom stereocenters. The van der Waals surface area contributed by atoms with Gasteiger partial charge in [-0.05, 0) is 36.6 Å². The molecule has 0 aromatic rings. The van der Waals surface area contributed by atoms with Gasteiger partial charge in [0.1, 0.15) is 0 Å². The molecule has 1 aliphatic rings. The summed E-state index contributed by atoms with van der Waals surface area (Å²) in [6, 6.07) is 0. The number of hydrogen-bond donors (Lipinski definition) is 2. The fourth-order valence-electron chi connectivity index (χ4n) is 2.51. The second-order valence-corrected chi connectivity index (χ2v) is 4.44. The van der Waals surface area contributed by atoms with Crippen LogP contribution in [0.1, 0.15) is 33.1 Å². The molecule has 0 saturated heterocycles. The van der Waals surface area contributed by atoms with E-state index in [-0.39, 0.29) is 11.8 Å². The predicted octanol–water partition coefficient (Wildman–Crippen LogP) is 1.47. The third kappa shape index (κ3) is 1.85. The summed E-state index contributed by atoms with van der Waals surface area (Å²) in [5, 5.41) is 8.82. The van der Waals surface area contributed by atoms with E-state index in [2.05, 4.69) is 13.8 Å². The average molecular weight is 185 g/mol. The minimum absolute atomic E-state index is 0.134. The van der Waals surface area contributed by atoms with Crippen molar-refractivity contribution in [3.05, 3.63) is 0 Å². The normalized spacial score (nSPS) is 39.3. The summed E-state index contributed by atoms with van der Waals surface area (Å²) < 4.78 is 0. The van der Waals surface area contributed by atoms with E-state index < -0.39 is 5.97 Å². The van der Waals surface area contributed by atoms with E-state index in [0.29, 0.717) is 18.4 Å². The number of carbonyl (C=O) groups is 1. The lowest BCUT2D eigenvalue weighted by molar-refractivity contribution is -0.140. The van der Waals surface area contributed by atoms with E-state index in [1.54, 1.807) is 0 Å². The van der Waals surface area contributed by atoms with Gasteiger partial charge in [-0.25, -0.2) is 0 Å². The summed E-state index contributed by atoms with van der Waals surface area (Å²) in [4.78, 5) is 10.7. The average Bonchev–Trinajstić information content (AvgIpc) is 2.33. The first-order valence-corrected chi connectivity index (χ1v) is 4.94. The number of aliphatic carboxylic acids is 1. The van der Waals surface area contributed by atoms with Gasteiger partial charge in [-0.2, -0.15) is 0 Å². The molecule has 1 saturated carbocycles. The van der Waals surface area contributed by atoms with Crippen LogP contribution < -0.4 is 5.73 Å². The number of hydrogen-bond acceptors (Lipinski definition) is 2. The van der Waals surface area contributed by atoms with Crippen molar-refractivity contribution in [2.24, 2.45) is 23.0 Å². The molecule has 0 aromatic heterocycles. The van der Waals surface area contributed by atoms with Gasteiger partial charge >= 0.3 is 5.97 Å². The molecular formula is C10H19NO2. The Balaban J connectivity index is 2.75. The SMILES string of the molecule is C[C@H]1CC[C@@](CN)(CC(=O)O)[C@H]1C. The number of rotatable bonds is 3. The van der Waals surface area contributed by atoms with E-state index in [0.717, 1.165) is 12.8 Å². The maximum atomic E-state index is 10.7. The highest BCUT2D eigenvalue weighted by atomic mass is 16.4. The van der Waals surface area contributed by atoms with Crippen molar-refractivity contribution >= 4 is 5.97 Å². The van der Waals surface area contributed by atoms with Crippen LogP contribution in [0.15, 0.2) is 0 Å². The molecule has 0 heterocycles. The summed E-state index contributed by atoms with van der Waals surface area (Å²) in [7, 11) is 0. The maximum Gasteiger partial charge on any atom is 0.303 e. The van der Waals surface area contributed by atoms with Gasteiger partial charge in [-0.15, -0.1) is 0 Å². The third-order valence-corrected chi connectivity index (χ3v) is 3.83. The minimum atomic E-state index is -0.716. The van der Waals surface area contributed by atoms with Gasteiger partial charge < -0.3 is 10.8 Å². The van der Waals surface area contributed by atoms with Crippen LogP contribution in [0.4, 0.5) is 0 Å². The summed E-state index contributed by atoms with van der Waals surface area (Å²) in [5.41, 5.74) is 5.57. The van der Waals surface area contributed by atoms with Crippen LogP contribution in [0, 0.1) is 17.3 Å². The molecular weight excluding hydrogens is 166 g/mol. The standard InChI is InChI=1S/C10H19NO2/c1-7-3-4-10(6-11,8(7)2)5-9(12)13/h7-8H,3-6,11H2,1-2H3,(H,12,13)/t7-,8-,10-/m0/s1. The van der Waals surface area contributed by atoms with Gasteiger partial charge in [0.25, 0.3) is 0 Å². The van der Waals surface area contributed by atoms with Crippen LogP contribution in [-0.2, 0) is 4.79 Å². The quantitative estimate of drug-likeness (QED) is 0.700. The van der Waals surface area contributed by atoms with Gasteiger partial charge in [-0.1, -0.05) is 13.8 Å². The molecule has 1 fully saturated rings. The third-order valence-electron chi connectivity index (χ3n) is 3.83. The Labute approximate surface area is 79.3 Å². The predicted molar refractivity (Wildman–Crippen MR) is 51.3 cm³/mol. The van der Waals surface area contributed by atoms with Gasteiger partial charge in [0, 0.05) is 0 Å². The van der Waals surface area contributed by atoms with Crippen LogP contribution in [-0.4, -0.2) is 17.6 Å². The van der Waals surface area contributed by atoms with E-state index >= 15 is 0 Å². The van der Waals surface area contributed by atoms with Crippen LogP contribution in [0.2, 0.25) is 0 Å². The number of nitrogens with two attached hydrogens (primary N) is 1. The fraction of sp³-hybridized carbons (Fsp3) is 0.900. The molecule has 1 aliphatic carbocycles. The second kappa shape index (κ2) is 3.66. The Morgan fingerprint density at radius 2 is 2.23 bits per heavy atom. The molecule has 3 N–H and O–H groups in total. The summed E-state index contributed by atoms with van der Waals surface area (Å²) in [5.74, 6) is 0.336. The molecule has 3 heteroatoms. The molecule has 0 aliphatic heterocycles. The lowest BCUT2D eigenvalue weighted by Gasteiger charge is -2.32. The van der Waals surface area contributed by atoms with Gasteiger partial charge in [-0.3, -0.25) is 4.79 Å². The Morgan fingerprint density at radius 1 is 1.62 bits per heavy atom.